The molecule has 0 fully saturated rings. The molecule has 5 heterocycles. The second kappa shape index (κ2) is 7.14. The molecule has 1 aliphatic heterocycles. The molecule has 31 heavy (non-hydrogen) atoms. The van der Waals surface area contributed by atoms with Crippen molar-refractivity contribution in [2.75, 3.05) is 13.1 Å². The van der Waals surface area contributed by atoms with Crippen molar-refractivity contribution < 1.29 is 0 Å². The van der Waals surface area contributed by atoms with E-state index < -0.39 is 0 Å². The van der Waals surface area contributed by atoms with Crippen LogP contribution in [0.1, 0.15) is 17.7 Å². The van der Waals surface area contributed by atoms with E-state index in [4.69, 9.17) is 9.97 Å². The largest absolute Gasteiger partial charge is 0.335 e. The maximum absolute atomic E-state index is 4.93. The number of benzene rings is 1. The lowest BCUT2D eigenvalue weighted by Gasteiger charge is -2.13. The van der Waals surface area contributed by atoms with Crippen molar-refractivity contribution in [2.24, 2.45) is 0 Å². The number of H-pyrrole nitrogens is 2. The van der Waals surface area contributed by atoms with E-state index in [9.17, 15) is 0 Å². The normalized spacial score (nSPS) is 14.3. The van der Waals surface area contributed by atoms with Crippen LogP contribution in [0.3, 0.4) is 0 Å². The number of aromatic amines is 2. The summed E-state index contributed by atoms with van der Waals surface area (Å²) in [5.41, 5.74) is 9.65. The zero-order valence-electron chi connectivity index (χ0n) is 17.1. The van der Waals surface area contributed by atoms with Gasteiger partial charge in [-0.2, -0.15) is 5.10 Å². The monoisotopic (exact) mass is 407 g/mol. The Morgan fingerprint density at radius 2 is 2.00 bits per heavy atom. The third-order valence-corrected chi connectivity index (χ3v) is 5.75. The fourth-order valence-electron chi connectivity index (χ4n) is 4.17. The minimum atomic E-state index is 0.665. The summed E-state index contributed by atoms with van der Waals surface area (Å²) in [6.45, 7) is 3.95. The highest BCUT2D eigenvalue weighted by Crippen LogP contribution is 2.31. The molecular weight excluding hydrogens is 386 g/mol. The van der Waals surface area contributed by atoms with E-state index in [1.807, 2.05) is 12.1 Å². The van der Waals surface area contributed by atoms with E-state index in [0.717, 1.165) is 52.9 Å². The van der Waals surface area contributed by atoms with Crippen molar-refractivity contribution in [1.29, 1.82) is 0 Å². The smallest absolute Gasteiger partial charge is 0.178 e. The van der Waals surface area contributed by atoms with Gasteiger partial charge in [-0.3, -0.25) is 5.10 Å². The van der Waals surface area contributed by atoms with Crippen LogP contribution in [0.5, 0.6) is 0 Å². The second-order valence-corrected chi connectivity index (χ2v) is 7.86. The van der Waals surface area contributed by atoms with Gasteiger partial charge in [-0.15, -0.1) is 0 Å². The lowest BCUT2D eigenvalue weighted by Crippen LogP contribution is -2.20. The number of nitrogens with one attached hydrogen (secondary N) is 3. The third-order valence-electron chi connectivity index (χ3n) is 5.75. The van der Waals surface area contributed by atoms with Crippen LogP contribution < -0.4 is 5.32 Å². The van der Waals surface area contributed by atoms with Crippen LogP contribution in [0.2, 0.25) is 0 Å². The Bertz CT molecular complexity index is 1460. The maximum Gasteiger partial charge on any atom is 0.178 e. The Morgan fingerprint density at radius 1 is 1.03 bits per heavy atom. The molecule has 0 unspecified atom stereocenters. The number of aryl methyl sites for hydroxylation is 1. The van der Waals surface area contributed by atoms with Crippen molar-refractivity contribution in [3.8, 4) is 22.6 Å². The molecule has 152 valence electrons. The lowest BCUT2D eigenvalue weighted by atomic mass is 10.0. The molecular formula is C24H21N7. The van der Waals surface area contributed by atoms with Crippen LogP contribution in [0.4, 0.5) is 0 Å². The Labute approximate surface area is 178 Å². The Kier molecular flexibility index (Phi) is 4.14. The standard InChI is InChI=1S/C24H21N7/c1-14-3-2-4-16(13-14)17-9-12-26-23-20(17)28-24(29-23)22-21-19(30-31-22)6-5-18(27-21)15-7-10-25-11-8-15/h2-7,9,12-13,25H,8,10-11H2,1H3,(H,30,31)(H,26,28,29). The summed E-state index contributed by atoms with van der Waals surface area (Å²) in [6, 6.07) is 14.5. The van der Waals surface area contributed by atoms with E-state index in [1.165, 1.54) is 11.1 Å². The number of pyridine rings is 2. The molecule has 0 spiro atoms. The highest BCUT2D eigenvalue weighted by atomic mass is 15.2. The van der Waals surface area contributed by atoms with Gasteiger partial charge in [0, 0.05) is 18.3 Å². The summed E-state index contributed by atoms with van der Waals surface area (Å²) in [5, 5.41) is 11.0. The SMILES string of the molecule is Cc1cccc(-c2ccnc3nc(-c4n[nH]c5ccc(C6=CCNCC6)nc45)[nH]c23)c1. The fourth-order valence-corrected chi connectivity index (χ4v) is 4.17. The van der Waals surface area contributed by atoms with E-state index >= 15 is 0 Å². The van der Waals surface area contributed by atoms with Gasteiger partial charge in [0.2, 0.25) is 0 Å². The number of hydrogen-bond acceptors (Lipinski definition) is 5. The summed E-state index contributed by atoms with van der Waals surface area (Å²) in [7, 11) is 0. The van der Waals surface area contributed by atoms with E-state index in [1.54, 1.807) is 6.20 Å². The first kappa shape index (κ1) is 18.0. The molecule has 0 amide bonds. The minimum absolute atomic E-state index is 0.665. The Hall–Kier alpha value is -3.84. The molecule has 0 radical (unpaired) electrons. The van der Waals surface area contributed by atoms with Crippen LogP contribution in [-0.4, -0.2) is 43.2 Å². The van der Waals surface area contributed by atoms with E-state index in [0.29, 0.717) is 17.2 Å². The zero-order valence-corrected chi connectivity index (χ0v) is 17.1. The van der Waals surface area contributed by atoms with Crippen molar-refractivity contribution in [3.05, 3.63) is 66.0 Å². The first-order valence-corrected chi connectivity index (χ1v) is 10.4. The summed E-state index contributed by atoms with van der Waals surface area (Å²) in [4.78, 5) is 17.6. The highest BCUT2D eigenvalue weighted by Gasteiger charge is 2.18. The predicted molar refractivity (Wildman–Crippen MR) is 122 cm³/mol. The van der Waals surface area contributed by atoms with Gasteiger partial charge in [-0.05, 0) is 49.2 Å². The quantitative estimate of drug-likeness (QED) is 0.416. The van der Waals surface area contributed by atoms with Crippen LogP contribution in [0.15, 0.2) is 54.7 Å². The van der Waals surface area contributed by atoms with Crippen molar-refractivity contribution in [1.82, 2.24) is 35.5 Å². The lowest BCUT2D eigenvalue weighted by molar-refractivity contribution is 0.737. The van der Waals surface area contributed by atoms with Gasteiger partial charge in [0.25, 0.3) is 0 Å². The fraction of sp³-hybridized carbons (Fsp3) is 0.167. The van der Waals surface area contributed by atoms with Gasteiger partial charge in [-0.25, -0.2) is 15.0 Å². The first-order valence-electron chi connectivity index (χ1n) is 10.4. The summed E-state index contributed by atoms with van der Waals surface area (Å²) in [6.07, 6.45) is 4.98. The van der Waals surface area contributed by atoms with Gasteiger partial charge < -0.3 is 10.3 Å². The number of aromatic nitrogens is 6. The molecule has 5 aromatic rings. The second-order valence-electron chi connectivity index (χ2n) is 7.86. The van der Waals surface area contributed by atoms with Gasteiger partial charge >= 0.3 is 0 Å². The molecule has 7 heteroatoms. The molecule has 1 aromatic carbocycles. The van der Waals surface area contributed by atoms with Crippen molar-refractivity contribution >= 4 is 27.8 Å². The average Bonchev–Trinajstić information content (AvgIpc) is 3.43. The molecule has 0 saturated heterocycles. The highest BCUT2D eigenvalue weighted by molar-refractivity contribution is 5.94. The van der Waals surface area contributed by atoms with Crippen LogP contribution in [-0.2, 0) is 0 Å². The van der Waals surface area contributed by atoms with Crippen LogP contribution in [0, 0.1) is 6.92 Å². The average molecular weight is 407 g/mol. The predicted octanol–water partition coefficient (Wildman–Crippen LogP) is 4.25. The van der Waals surface area contributed by atoms with E-state index in [2.05, 4.69) is 68.8 Å². The molecule has 0 bridgehead atoms. The first-order chi connectivity index (χ1) is 15.3. The Morgan fingerprint density at radius 3 is 2.87 bits per heavy atom. The van der Waals surface area contributed by atoms with Gasteiger partial charge in [-0.1, -0.05) is 35.9 Å². The summed E-state index contributed by atoms with van der Waals surface area (Å²) >= 11 is 0. The van der Waals surface area contributed by atoms with Gasteiger partial charge in [0.15, 0.2) is 17.2 Å². The summed E-state index contributed by atoms with van der Waals surface area (Å²) < 4.78 is 0. The van der Waals surface area contributed by atoms with Gasteiger partial charge in [0.1, 0.15) is 5.52 Å². The van der Waals surface area contributed by atoms with Crippen molar-refractivity contribution in [3.63, 3.8) is 0 Å². The zero-order chi connectivity index (χ0) is 20.8. The number of imidazole rings is 1. The molecule has 6 rings (SSSR count). The van der Waals surface area contributed by atoms with E-state index in [-0.39, 0.29) is 0 Å². The van der Waals surface area contributed by atoms with Crippen molar-refractivity contribution in [2.45, 2.75) is 13.3 Å². The molecule has 1 aliphatic rings. The van der Waals surface area contributed by atoms with Gasteiger partial charge in [0.05, 0.1) is 16.7 Å². The van der Waals surface area contributed by atoms with Crippen LogP contribution >= 0.6 is 0 Å². The topological polar surface area (TPSA) is 95.2 Å². The molecule has 3 N–H and O–H groups in total. The third kappa shape index (κ3) is 3.10. The molecule has 0 atom stereocenters. The van der Waals surface area contributed by atoms with Crippen LogP contribution in [0.25, 0.3) is 50.4 Å². The number of hydrogen-bond donors (Lipinski definition) is 3. The molecule has 0 saturated carbocycles. The molecule has 0 aliphatic carbocycles. The number of nitrogens with zero attached hydrogens (tertiary/aromatic N) is 4. The number of fused-ring (bicyclic) bond motifs is 2. The molecule has 7 nitrogen and oxygen atoms in total. The Balaban J connectivity index is 1.49. The minimum Gasteiger partial charge on any atom is -0.335 e. The number of rotatable bonds is 3. The molecule has 4 aromatic heterocycles. The summed E-state index contributed by atoms with van der Waals surface area (Å²) in [5.74, 6) is 0.665. The maximum atomic E-state index is 4.93.